The van der Waals surface area contributed by atoms with Gasteiger partial charge in [0.2, 0.25) is 11.9 Å². The largest absolute Gasteiger partial charge is 0.365 e. The number of benzene rings is 2. The summed E-state index contributed by atoms with van der Waals surface area (Å²) in [5.41, 5.74) is 3.39. The zero-order valence-corrected chi connectivity index (χ0v) is 20.9. The van der Waals surface area contributed by atoms with Crippen molar-refractivity contribution in [2.45, 2.75) is 26.3 Å². The van der Waals surface area contributed by atoms with E-state index in [-0.39, 0.29) is 5.91 Å². The number of piperazine rings is 1. The van der Waals surface area contributed by atoms with E-state index in [0.29, 0.717) is 25.6 Å². The number of rotatable bonds is 6. The Kier molecular flexibility index (Phi) is 6.77. The number of anilines is 3. The molecule has 182 valence electrons. The highest BCUT2D eigenvalue weighted by Gasteiger charge is 2.28. The van der Waals surface area contributed by atoms with E-state index in [2.05, 4.69) is 52.9 Å². The van der Waals surface area contributed by atoms with Crippen LogP contribution < -0.4 is 15.1 Å². The van der Waals surface area contributed by atoms with Crippen molar-refractivity contribution >= 4 is 45.7 Å². The molecule has 8 heteroatoms. The van der Waals surface area contributed by atoms with Gasteiger partial charge in [0.25, 0.3) is 0 Å². The van der Waals surface area contributed by atoms with Crippen molar-refractivity contribution in [3.63, 3.8) is 0 Å². The Bertz CT molecular complexity index is 1250. The molecule has 1 N–H and O–H groups in total. The summed E-state index contributed by atoms with van der Waals surface area (Å²) < 4.78 is 0. The van der Waals surface area contributed by atoms with Gasteiger partial charge in [-0.2, -0.15) is 4.98 Å². The average Bonchev–Trinajstić information content (AvgIpc) is 2.90. The van der Waals surface area contributed by atoms with Crippen LogP contribution in [-0.4, -0.2) is 60.0 Å². The van der Waals surface area contributed by atoms with Crippen molar-refractivity contribution in [3.8, 4) is 0 Å². The first-order valence-electron chi connectivity index (χ1n) is 12.3. The van der Waals surface area contributed by atoms with Gasteiger partial charge in [0.05, 0.1) is 17.3 Å². The first-order chi connectivity index (χ1) is 17.1. The van der Waals surface area contributed by atoms with Gasteiger partial charge >= 0.3 is 0 Å². The predicted molar refractivity (Wildman–Crippen MR) is 144 cm³/mol. The number of hydrogen-bond donors (Lipinski definition) is 1. The Balaban J connectivity index is 1.47. The van der Waals surface area contributed by atoms with Crippen molar-refractivity contribution in [1.82, 2.24) is 14.9 Å². The highest BCUT2D eigenvalue weighted by molar-refractivity contribution is 6.36. The lowest BCUT2D eigenvalue weighted by molar-refractivity contribution is -0.126. The summed E-state index contributed by atoms with van der Waals surface area (Å²) in [6, 6.07) is 12.4. The van der Waals surface area contributed by atoms with E-state index in [9.17, 15) is 4.79 Å². The lowest BCUT2D eigenvalue weighted by Crippen LogP contribution is -2.49. The van der Waals surface area contributed by atoms with Gasteiger partial charge in [0.1, 0.15) is 5.82 Å². The molecule has 0 aliphatic carbocycles. The summed E-state index contributed by atoms with van der Waals surface area (Å²) in [7, 11) is 0. The molecule has 3 heterocycles. The molecule has 0 saturated carbocycles. The number of fused-ring (bicyclic) bond motifs is 2. The van der Waals surface area contributed by atoms with E-state index in [1.54, 1.807) is 0 Å². The second kappa shape index (κ2) is 10.1. The number of nitrogens with zero attached hydrogens (tertiary/aromatic N) is 5. The molecule has 3 aromatic rings. The third-order valence-corrected chi connectivity index (χ3v) is 7.13. The maximum absolute atomic E-state index is 12.0. The first-order valence-corrected chi connectivity index (χ1v) is 12.7. The van der Waals surface area contributed by atoms with Crippen molar-refractivity contribution in [2.24, 2.45) is 0 Å². The fourth-order valence-corrected chi connectivity index (χ4v) is 5.28. The number of carbonyl (C=O) groups is 1. The van der Waals surface area contributed by atoms with Crippen LogP contribution in [0.1, 0.15) is 24.6 Å². The van der Waals surface area contributed by atoms with Gasteiger partial charge in [-0.3, -0.25) is 4.79 Å². The maximum atomic E-state index is 12.0. The van der Waals surface area contributed by atoms with Crippen LogP contribution in [-0.2, 0) is 17.8 Å². The van der Waals surface area contributed by atoms with E-state index >= 15 is 0 Å². The van der Waals surface area contributed by atoms with Crippen molar-refractivity contribution in [3.05, 3.63) is 65.3 Å². The molecular formula is C27H31ClN6O. The molecule has 1 aromatic heterocycles. The van der Waals surface area contributed by atoms with E-state index in [4.69, 9.17) is 21.6 Å². The molecule has 2 aromatic carbocycles. The van der Waals surface area contributed by atoms with Gasteiger partial charge in [0.15, 0.2) is 0 Å². The molecule has 0 bridgehead atoms. The standard InChI is InChI=1S/C27H31ClN6O/c1-3-12-29-27-30-22-18-34(23-10-6-8-19-7-5-9-21(28)25(19)23)13-11-20(22)26(31-27)33-16-14-32(15-17-33)24(35)4-2/h4-10H,2-3,11-18H2,1H3,(H,29,30,31). The lowest BCUT2D eigenvalue weighted by Gasteiger charge is -2.38. The highest BCUT2D eigenvalue weighted by atomic mass is 35.5. The Hall–Kier alpha value is -3.32. The zero-order chi connectivity index (χ0) is 24.4. The molecule has 5 rings (SSSR count). The first kappa shape index (κ1) is 23.4. The van der Waals surface area contributed by atoms with Crippen LogP contribution in [0.15, 0.2) is 49.1 Å². The molecule has 1 saturated heterocycles. The third kappa shape index (κ3) is 4.65. The molecule has 1 amide bonds. The number of halogens is 1. The molecule has 0 atom stereocenters. The van der Waals surface area contributed by atoms with E-state index in [0.717, 1.165) is 72.0 Å². The van der Waals surface area contributed by atoms with Gasteiger partial charge in [0, 0.05) is 55.9 Å². The molecule has 2 aliphatic rings. The molecule has 0 radical (unpaired) electrons. The van der Waals surface area contributed by atoms with Gasteiger partial charge in [-0.15, -0.1) is 0 Å². The number of carbonyl (C=O) groups excluding carboxylic acids is 1. The Morgan fingerprint density at radius 1 is 1.09 bits per heavy atom. The Morgan fingerprint density at radius 2 is 1.86 bits per heavy atom. The van der Waals surface area contributed by atoms with Crippen molar-refractivity contribution in [1.29, 1.82) is 0 Å². The molecule has 0 unspecified atom stereocenters. The Morgan fingerprint density at radius 3 is 2.60 bits per heavy atom. The summed E-state index contributed by atoms with van der Waals surface area (Å²) in [5.74, 6) is 1.65. The van der Waals surface area contributed by atoms with Crippen LogP contribution in [0.4, 0.5) is 17.5 Å². The number of aromatic nitrogens is 2. The third-order valence-electron chi connectivity index (χ3n) is 6.81. The topological polar surface area (TPSA) is 64.6 Å². The van der Waals surface area contributed by atoms with Crippen LogP contribution >= 0.6 is 11.6 Å². The summed E-state index contributed by atoms with van der Waals surface area (Å²) in [4.78, 5) is 28.4. The summed E-state index contributed by atoms with van der Waals surface area (Å²) in [5, 5.41) is 6.38. The summed E-state index contributed by atoms with van der Waals surface area (Å²) in [6.45, 7) is 11.0. The maximum Gasteiger partial charge on any atom is 0.246 e. The van der Waals surface area contributed by atoms with Gasteiger partial charge in [-0.1, -0.05) is 49.4 Å². The Labute approximate surface area is 211 Å². The van der Waals surface area contributed by atoms with E-state index in [1.165, 1.54) is 11.6 Å². The fraction of sp³-hybridized carbons (Fsp3) is 0.370. The SMILES string of the molecule is C=CC(=O)N1CCN(c2nc(NCCC)nc3c2CCN(c2cccc4cccc(Cl)c24)C3)CC1. The molecule has 2 aliphatic heterocycles. The van der Waals surface area contributed by atoms with Gasteiger partial charge in [-0.25, -0.2) is 4.98 Å². The van der Waals surface area contributed by atoms with Gasteiger partial charge in [-0.05, 0) is 36.4 Å². The van der Waals surface area contributed by atoms with Crippen LogP contribution in [0.2, 0.25) is 5.02 Å². The molecule has 1 fully saturated rings. The quantitative estimate of drug-likeness (QED) is 0.513. The minimum atomic E-state index is -0.0101. The molecule has 0 spiro atoms. The fourth-order valence-electron chi connectivity index (χ4n) is 5.00. The molecule has 7 nitrogen and oxygen atoms in total. The minimum Gasteiger partial charge on any atom is -0.365 e. The lowest BCUT2D eigenvalue weighted by atomic mass is 10.0. The number of amides is 1. The van der Waals surface area contributed by atoms with Gasteiger partial charge < -0.3 is 20.0 Å². The van der Waals surface area contributed by atoms with Crippen molar-refractivity contribution < 1.29 is 4.79 Å². The molecule has 35 heavy (non-hydrogen) atoms. The number of hydrogen-bond acceptors (Lipinski definition) is 6. The van der Waals surface area contributed by atoms with Crippen molar-refractivity contribution in [2.75, 3.05) is 54.4 Å². The second-order valence-electron chi connectivity index (χ2n) is 9.03. The smallest absolute Gasteiger partial charge is 0.246 e. The van der Waals surface area contributed by atoms with E-state index in [1.807, 2.05) is 17.0 Å². The summed E-state index contributed by atoms with van der Waals surface area (Å²) >= 11 is 6.63. The predicted octanol–water partition coefficient (Wildman–Crippen LogP) is 4.50. The number of nitrogens with one attached hydrogen (secondary N) is 1. The van der Waals surface area contributed by atoms with Crippen LogP contribution in [0.25, 0.3) is 10.8 Å². The monoisotopic (exact) mass is 490 g/mol. The minimum absolute atomic E-state index is 0.0101. The van der Waals surface area contributed by atoms with Crippen LogP contribution in [0, 0.1) is 0 Å². The highest BCUT2D eigenvalue weighted by Crippen LogP contribution is 2.36. The van der Waals surface area contributed by atoms with Crippen LogP contribution in [0.3, 0.4) is 0 Å². The molecular weight excluding hydrogens is 460 g/mol. The van der Waals surface area contributed by atoms with Crippen LogP contribution in [0.5, 0.6) is 0 Å². The van der Waals surface area contributed by atoms with E-state index < -0.39 is 0 Å². The summed E-state index contributed by atoms with van der Waals surface area (Å²) in [6.07, 6.45) is 3.24. The average molecular weight is 491 g/mol. The zero-order valence-electron chi connectivity index (χ0n) is 20.1. The second-order valence-corrected chi connectivity index (χ2v) is 9.43. The normalized spacial score (nSPS) is 15.8.